The topological polar surface area (TPSA) is 161 Å². The predicted octanol–water partition coefficient (Wildman–Crippen LogP) is -1.11. The number of carbonyl (C=O) groups excluding carboxylic acids is 3. The fraction of sp³-hybridized carbons (Fsp3) is 0.421. The number of aromatic nitrogens is 3. The molecule has 0 spiro atoms. The Bertz CT molecular complexity index is 1190. The minimum atomic E-state index is -4.31. The summed E-state index contributed by atoms with van der Waals surface area (Å²) in [5.41, 5.74) is 6.21. The molecule has 2 aromatic rings. The van der Waals surface area contributed by atoms with Crippen molar-refractivity contribution in [2.24, 2.45) is 5.73 Å². The van der Waals surface area contributed by atoms with Crippen LogP contribution in [-0.2, 0) is 37.5 Å². The average Bonchev–Trinajstić information content (AvgIpc) is 3.39. The quantitative estimate of drug-likeness (QED) is 0.516. The number of amides is 3. The number of hydrogen-bond donors (Lipinski definition) is 2. The first-order valence-electron chi connectivity index (χ1n) is 10.1. The Morgan fingerprint density at radius 1 is 1.22 bits per heavy atom. The van der Waals surface area contributed by atoms with Gasteiger partial charge in [0.2, 0.25) is 21.8 Å². The maximum Gasteiger partial charge on any atom is 0.250 e. The van der Waals surface area contributed by atoms with Crippen molar-refractivity contribution in [2.75, 3.05) is 18.0 Å². The minimum Gasteiger partial charge on any atom is -0.368 e. The third kappa shape index (κ3) is 3.96. The number of sulfonamides is 1. The van der Waals surface area contributed by atoms with E-state index in [4.69, 9.17) is 5.73 Å². The second-order valence-electron chi connectivity index (χ2n) is 7.71. The Labute approximate surface area is 184 Å². The monoisotopic (exact) mass is 461 g/mol. The van der Waals surface area contributed by atoms with Gasteiger partial charge < -0.3 is 20.1 Å². The molecule has 2 aliphatic heterocycles. The first kappa shape index (κ1) is 21.9. The maximum absolute atomic E-state index is 13.1. The van der Waals surface area contributed by atoms with Crippen molar-refractivity contribution < 1.29 is 22.8 Å². The third-order valence-corrected chi connectivity index (χ3v) is 7.23. The number of fused-ring (bicyclic) bond motifs is 1. The highest BCUT2D eigenvalue weighted by molar-refractivity contribution is 7.89. The Hall–Kier alpha value is -3.32. The summed E-state index contributed by atoms with van der Waals surface area (Å²) >= 11 is 0. The molecule has 0 radical (unpaired) electrons. The molecule has 0 aliphatic carbocycles. The highest BCUT2D eigenvalue weighted by Gasteiger charge is 2.36. The van der Waals surface area contributed by atoms with E-state index in [9.17, 15) is 22.8 Å². The molecule has 0 unspecified atom stereocenters. The molecule has 3 heterocycles. The van der Waals surface area contributed by atoms with Gasteiger partial charge in [0.15, 0.2) is 11.9 Å². The first-order chi connectivity index (χ1) is 15.2. The number of benzene rings is 1. The fourth-order valence-electron chi connectivity index (χ4n) is 3.98. The molecule has 1 aromatic heterocycles. The van der Waals surface area contributed by atoms with Crippen molar-refractivity contribution >= 4 is 33.4 Å². The van der Waals surface area contributed by atoms with Crippen molar-refractivity contribution in [1.82, 2.24) is 24.4 Å². The number of hydrogen-bond acceptors (Lipinski definition) is 7. The molecular weight excluding hydrogens is 438 g/mol. The standard InChI is InChI=1S/C19H23N7O5S/c1-12-13(26-7-3-6-16(26)27)4-2-5-14(12)32(30,31)23-17(18(20)28)19(29)24-8-9-25-11-21-22-15(25)10-24/h2,4-5,11,17,23H,3,6-10H2,1H3,(H2,20,28)/t17-/m0/s1. The van der Waals surface area contributed by atoms with Crippen LogP contribution < -0.4 is 15.4 Å². The Morgan fingerprint density at radius 3 is 2.69 bits per heavy atom. The molecule has 2 aliphatic rings. The molecule has 32 heavy (non-hydrogen) atoms. The Kier molecular flexibility index (Phi) is 5.69. The van der Waals surface area contributed by atoms with Crippen LogP contribution in [0.15, 0.2) is 29.4 Å². The number of nitrogens with two attached hydrogens (primary N) is 1. The van der Waals surface area contributed by atoms with Crippen molar-refractivity contribution in [3.8, 4) is 0 Å². The van der Waals surface area contributed by atoms with Gasteiger partial charge in [-0.05, 0) is 31.0 Å². The number of rotatable bonds is 6. The summed E-state index contributed by atoms with van der Waals surface area (Å²) in [5, 5.41) is 7.69. The molecule has 0 saturated carbocycles. The van der Waals surface area contributed by atoms with Crippen LogP contribution in [0.5, 0.6) is 0 Å². The normalized spacial score (nSPS) is 17.3. The lowest BCUT2D eigenvalue weighted by Gasteiger charge is -2.29. The van der Waals surface area contributed by atoms with Crippen LogP contribution in [0.2, 0.25) is 0 Å². The second-order valence-corrected chi connectivity index (χ2v) is 9.39. The highest BCUT2D eigenvalue weighted by Crippen LogP contribution is 2.29. The van der Waals surface area contributed by atoms with E-state index in [1.54, 1.807) is 17.6 Å². The Balaban J connectivity index is 1.59. The second kappa shape index (κ2) is 8.31. The van der Waals surface area contributed by atoms with Gasteiger partial charge in [-0.25, -0.2) is 8.42 Å². The van der Waals surface area contributed by atoms with Crippen LogP contribution in [0.3, 0.4) is 0 Å². The summed E-state index contributed by atoms with van der Waals surface area (Å²) in [6.07, 6.45) is 2.62. The predicted molar refractivity (Wildman–Crippen MR) is 112 cm³/mol. The number of primary amides is 1. The van der Waals surface area contributed by atoms with Gasteiger partial charge in [0.1, 0.15) is 6.33 Å². The van der Waals surface area contributed by atoms with E-state index >= 15 is 0 Å². The largest absolute Gasteiger partial charge is 0.368 e. The molecular formula is C19H23N7O5S. The molecule has 1 saturated heterocycles. The van der Waals surface area contributed by atoms with Crippen molar-refractivity contribution in [1.29, 1.82) is 0 Å². The van der Waals surface area contributed by atoms with Gasteiger partial charge in [-0.15, -0.1) is 10.2 Å². The van der Waals surface area contributed by atoms with Crippen LogP contribution in [0.4, 0.5) is 5.69 Å². The van der Waals surface area contributed by atoms with Gasteiger partial charge in [0.05, 0.1) is 11.4 Å². The lowest BCUT2D eigenvalue weighted by molar-refractivity contribution is -0.138. The van der Waals surface area contributed by atoms with E-state index in [2.05, 4.69) is 14.9 Å². The molecule has 1 aromatic carbocycles. The summed E-state index contributed by atoms with van der Waals surface area (Å²) in [4.78, 5) is 39.9. The summed E-state index contributed by atoms with van der Waals surface area (Å²) in [6.45, 7) is 2.82. The number of carbonyl (C=O) groups is 3. The highest BCUT2D eigenvalue weighted by atomic mass is 32.2. The van der Waals surface area contributed by atoms with Crippen molar-refractivity contribution in [2.45, 2.75) is 43.8 Å². The van der Waals surface area contributed by atoms with Crippen LogP contribution in [0, 0.1) is 6.92 Å². The molecule has 1 fully saturated rings. The smallest absolute Gasteiger partial charge is 0.250 e. The number of nitrogens with one attached hydrogen (secondary N) is 1. The molecule has 170 valence electrons. The summed E-state index contributed by atoms with van der Waals surface area (Å²) in [5.74, 6) is -1.44. The van der Waals surface area contributed by atoms with Crippen LogP contribution in [0.25, 0.3) is 0 Å². The molecule has 12 nitrogen and oxygen atoms in total. The molecule has 13 heteroatoms. The maximum atomic E-state index is 13.1. The van der Waals surface area contributed by atoms with Crippen LogP contribution >= 0.6 is 0 Å². The molecule has 4 rings (SSSR count). The van der Waals surface area contributed by atoms with E-state index in [0.717, 1.165) is 0 Å². The van der Waals surface area contributed by atoms with Gasteiger partial charge in [0, 0.05) is 31.7 Å². The van der Waals surface area contributed by atoms with Crippen LogP contribution in [0.1, 0.15) is 24.2 Å². The molecule has 1 atom stereocenters. The molecule has 0 bridgehead atoms. The van der Waals surface area contributed by atoms with E-state index in [0.29, 0.717) is 43.0 Å². The average molecular weight is 462 g/mol. The number of nitrogens with zero attached hydrogens (tertiary/aromatic N) is 5. The number of anilines is 1. The van der Waals surface area contributed by atoms with Crippen molar-refractivity contribution in [3.05, 3.63) is 35.9 Å². The lowest BCUT2D eigenvalue weighted by Crippen LogP contribution is -2.56. The van der Waals surface area contributed by atoms with E-state index < -0.39 is 27.9 Å². The van der Waals surface area contributed by atoms with E-state index in [-0.39, 0.29) is 23.9 Å². The van der Waals surface area contributed by atoms with Gasteiger partial charge in [-0.1, -0.05) is 6.07 Å². The van der Waals surface area contributed by atoms with Crippen LogP contribution in [-0.4, -0.2) is 64.9 Å². The zero-order valence-electron chi connectivity index (χ0n) is 17.4. The third-order valence-electron chi connectivity index (χ3n) is 5.66. The molecule has 3 amide bonds. The van der Waals surface area contributed by atoms with E-state index in [1.165, 1.54) is 28.3 Å². The minimum absolute atomic E-state index is 0.0793. The summed E-state index contributed by atoms with van der Waals surface area (Å²) in [7, 11) is -4.31. The lowest BCUT2D eigenvalue weighted by atomic mass is 10.2. The zero-order valence-corrected chi connectivity index (χ0v) is 18.2. The van der Waals surface area contributed by atoms with Gasteiger partial charge in [-0.3, -0.25) is 14.4 Å². The summed E-state index contributed by atoms with van der Waals surface area (Å²) < 4.78 is 30.2. The summed E-state index contributed by atoms with van der Waals surface area (Å²) in [6, 6.07) is 2.75. The Morgan fingerprint density at radius 2 is 2.00 bits per heavy atom. The van der Waals surface area contributed by atoms with Crippen molar-refractivity contribution in [3.63, 3.8) is 0 Å². The fourth-order valence-corrected chi connectivity index (χ4v) is 5.39. The van der Waals surface area contributed by atoms with Gasteiger partial charge in [0.25, 0.3) is 5.91 Å². The van der Waals surface area contributed by atoms with Gasteiger partial charge >= 0.3 is 0 Å². The zero-order chi connectivity index (χ0) is 23.0. The van der Waals surface area contributed by atoms with E-state index in [1.807, 2.05) is 0 Å². The first-order valence-corrected chi connectivity index (χ1v) is 11.5. The molecule has 3 N–H and O–H groups in total. The van der Waals surface area contributed by atoms with Gasteiger partial charge in [-0.2, -0.15) is 4.72 Å². The SMILES string of the molecule is Cc1c(N2CCCC2=O)cccc1S(=O)(=O)N[C@@H](C(N)=O)C(=O)N1CCn2cnnc2C1.